The van der Waals surface area contributed by atoms with Crippen molar-refractivity contribution in [3.63, 3.8) is 0 Å². The van der Waals surface area contributed by atoms with Crippen LogP contribution in [0.4, 0.5) is 0 Å². The molecule has 0 amide bonds. The fourth-order valence-electron chi connectivity index (χ4n) is 1.46. The molecule has 0 aliphatic heterocycles. The zero-order valence-corrected chi connectivity index (χ0v) is 14.5. The number of aryl methyl sites for hydroxylation is 1. The van der Waals surface area contributed by atoms with Crippen molar-refractivity contribution in [2.24, 2.45) is 5.73 Å². The highest BCUT2D eigenvalue weighted by Gasteiger charge is 2.17. The average Bonchev–Trinajstić information content (AvgIpc) is 2.53. The molecule has 146 valence electrons. The second-order valence-corrected chi connectivity index (χ2v) is 6.13. The van der Waals surface area contributed by atoms with Gasteiger partial charge in [0.2, 0.25) is 0 Å². The van der Waals surface area contributed by atoms with E-state index in [2.05, 4.69) is 9.51 Å². The molecular weight excluding hydrogens is 375 g/mol. The van der Waals surface area contributed by atoms with E-state index in [4.69, 9.17) is 25.7 Å². The summed E-state index contributed by atoms with van der Waals surface area (Å²) >= 11 is 0. The Morgan fingerprint density at radius 1 is 1.38 bits per heavy atom. The number of nitrogens with zero attached hydrogens (tertiary/aromatic N) is 1. The van der Waals surface area contributed by atoms with E-state index in [0.717, 1.165) is 0 Å². The summed E-state index contributed by atoms with van der Waals surface area (Å²) in [5, 5.41) is 25.7. The first-order chi connectivity index (χ1) is 11.9. The maximum Gasteiger partial charge on any atom is 0.469 e. The number of aromatic hydroxyl groups is 1. The first kappa shape index (κ1) is 23.6. The van der Waals surface area contributed by atoms with Gasteiger partial charge in [-0.25, -0.2) is 4.57 Å². The summed E-state index contributed by atoms with van der Waals surface area (Å²) in [6.45, 7) is 0.995. The van der Waals surface area contributed by atoms with Crippen LogP contribution >= 0.6 is 7.82 Å². The third kappa shape index (κ3) is 9.20. The molecule has 0 spiro atoms. The van der Waals surface area contributed by atoms with E-state index in [-0.39, 0.29) is 35.4 Å². The number of carboxylic acid groups (broad SMARTS) is 2. The van der Waals surface area contributed by atoms with Gasteiger partial charge in [0, 0.05) is 18.2 Å². The molecule has 12 nitrogen and oxygen atoms in total. The van der Waals surface area contributed by atoms with Crippen molar-refractivity contribution in [1.29, 1.82) is 0 Å². The third-order valence-electron chi connectivity index (χ3n) is 2.85. The molecule has 0 fully saturated rings. The molecule has 13 heteroatoms. The molecular formula is C13H19N2O10P. The summed E-state index contributed by atoms with van der Waals surface area (Å²) in [5.74, 6) is -2.51. The van der Waals surface area contributed by atoms with Gasteiger partial charge >= 0.3 is 19.8 Å². The van der Waals surface area contributed by atoms with Crippen LogP contribution in [-0.2, 0) is 25.3 Å². The number of carbonyl (C=O) groups excluding carboxylic acids is 1. The molecule has 1 unspecified atom stereocenters. The Morgan fingerprint density at radius 2 is 1.96 bits per heavy atom. The zero-order valence-electron chi connectivity index (χ0n) is 13.6. The van der Waals surface area contributed by atoms with Crippen molar-refractivity contribution in [3.05, 3.63) is 23.0 Å². The van der Waals surface area contributed by atoms with E-state index in [0.29, 0.717) is 6.29 Å². The second kappa shape index (κ2) is 10.6. The van der Waals surface area contributed by atoms with Gasteiger partial charge in [-0.1, -0.05) is 0 Å². The third-order valence-corrected chi connectivity index (χ3v) is 3.32. The SMILES string of the molecule is Cc1ncc(COP(=O)(O)O)c(C=O)c1O.NC(CCC(=O)O)C(=O)O. The van der Waals surface area contributed by atoms with Gasteiger partial charge in [-0.3, -0.25) is 23.9 Å². The van der Waals surface area contributed by atoms with Crippen LogP contribution < -0.4 is 5.73 Å². The second-order valence-electron chi connectivity index (χ2n) is 4.89. The molecule has 26 heavy (non-hydrogen) atoms. The molecule has 7 N–H and O–H groups in total. The molecule has 0 aliphatic carbocycles. The van der Waals surface area contributed by atoms with Crippen molar-refractivity contribution in [2.75, 3.05) is 0 Å². The van der Waals surface area contributed by atoms with Crippen LogP contribution in [0.25, 0.3) is 0 Å². The highest BCUT2D eigenvalue weighted by molar-refractivity contribution is 7.46. The van der Waals surface area contributed by atoms with Crippen LogP contribution in [0.15, 0.2) is 6.20 Å². The summed E-state index contributed by atoms with van der Waals surface area (Å²) in [7, 11) is -4.61. The number of carbonyl (C=O) groups is 3. The largest absolute Gasteiger partial charge is 0.505 e. The minimum absolute atomic E-state index is 0.0231. The first-order valence-electron chi connectivity index (χ1n) is 6.92. The van der Waals surface area contributed by atoms with Crippen molar-refractivity contribution >= 4 is 26.0 Å². The van der Waals surface area contributed by atoms with E-state index < -0.39 is 32.4 Å². The normalized spacial score (nSPS) is 11.8. The lowest BCUT2D eigenvalue weighted by atomic mass is 10.1. The Kier molecular flexibility index (Phi) is 9.62. The van der Waals surface area contributed by atoms with Gasteiger partial charge in [0.05, 0.1) is 17.9 Å². The van der Waals surface area contributed by atoms with Gasteiger partial charge in [-0.05, 0) is 13.3 Å². The fraction of sp³-hybridized carbons (Fsp3) is 0.385. The average molecular weight is 394 g/mol. The molecule has 1 heterocycles. The Morgan fingerprint density at radius 3 is 2.38 bits per heavy atom. The number of pyridine rings is 1. The number of hydrogen-bond donors (Lipinski definition) is 6. The van der Waals surface area contributed by atoms with Gasteiger partial charge in [-0.2, -0.15) is 0 Å². The monoisotopic (exact) mass is 394 g/mol. The summed E-state index contributed by atoms with van der Waals surface area (Å²) in [4.78, 5) is 51.3. The van der Waals surface area contributed by atoms with Crippen molar-refractivity contribution in [3.8, 4) is 5.75 Å². The number of carboxylic acids is 2. The van der Waals surface area contributed by atoms with E-state index in [1.807, 2.05) is 0 Å². The molecule has 0 saturated carbocycles. The van der Waals surface area contributed by atoms with Gasteiger partial charge in [0.1, 0.15) is 11.8 Å². The summed E-state index contributed by atoms with van der Waals surface area (Å²) in [6.07, 6.45) is 1.37. The molecule has 0 aromatic carbocycles. The van der Waals surface area contributed by atoms with Crippen molar-refractivity contribution < 1.29 is 48.6 Å². The molecule has 1 atom stereocenters. The zero-order chi connectivity index (χ0) is 20.5. The van der Waals surface area contributed by atoms with Gasteiger partial charge < -0.3 is 30.8 Å². The van der Waals surface area contributed by atoms with E-state index in [1.165, 1.54) is 13.1 Å². The molecule has 1 rings (SSSR count). The lowest BCUT2D eigenvalue weighted by molar-refractivity contribution is -0.139. The van der Waals surface area contributed by atoms with Gasteiger partial charge in [0.15, 0.2) is 6.29 Å². The number of nitrogens with two attached hydrogens (primary N) is 1. The van der Waals surface area contributed by atoms with Crippen LogP contribution in [0.3, 0.4) is 0 Å². The van der Waals surface area contributed by atoms with E-state index >= 15 is 0 Å². The van der Waals surface area contributed by atoms with Crippen LogP contribution in [-0.4, -0.2) is 54.4 Å². The van der Waals surface area contributed by atoms with Crippen LogP contribution in [0.5, 0.6) is 5.75 Å². The Hall–Kier alpha value is -2.37. The Labute approximate surface area is 147 Å². The van der Waals surface area contributed by atoms with Crippen LogP contribution in [0.2, 0.25) is 0 Å². The number of phosphoric ester groups is 1. The van der Waals surface area contributed by atoms with Crippen LogP contribution in [0.1, 0.15) is 34.5 Å². The molecule has 1 aromatic heterocycles. The Bertz CT molecular complexity index is 702. The minimum atomic E-state index is -4.61. The number of aliphatic carboxylic acids is 2. The first-order valence-corrected chi connectivity index (χ1v) is 8.45. The lowest BCUT2D eigenvalue weighted by Gasteiger charge is -2.09. The van der Waals surface area contributed by atoms with Crippen molar-refractivity contribution in [2.45, 2.75) is 32.4 Å². The lowest BCUT2D eigenvalue weighted by Crippen LogP contribution is -2.30. The van der Waals surface area contributed by atoms with Gasteiger partial charge in [-0.15, -0.1) is 0 Å². The Balaban J connectivity index is 0.000000541. The maximum absolute atomic E-state index is 10.7. The predicted octanol–water partition coefficient (Wildman–Crippen LogP) is -0.219. The molecule has 0 aliphatic rings. The molecule has 0 bridgehead atoms. The van der Waals surface area contributed by atoms with Crippen LogP contribution in [0, 0.1) is 6.92 Å². The molecule has 0 radical (unpaired) electrons. The van der Waals surface area contributed by atoms with E-state index in [1.54, 1.807) is 0 Å². The quantitative estimate of drug-likeness (QED) is 0.249. The number of aromatic nitrogens is 1. The number of aldehydes is 1. The minimum Gasteiger partial charge on any atom is -0.505 e. The topological polar surface area (TPSA) is 218 Å². The van der Waals surface area contributed by atoms with E-state index in [9.17, 15) is 24.1 Å². The van der Waals surface area contributed by atoms with Crippen molar-refractivity contribution in [1.82, 2.24) is 4.98 Å². The predicted molar refractivity (Wildman–Crippen MR) is 85.3 cm³/mol. The number of rotatable bonds is 8. The number of hydrogen-bond acceptors (Lipinski definition) is 8. The smallest absolute Gasteiger partial charge is 0.469 e. The number of phosphoric acid groups is 1. The highest BCUT2D eigenvalue weighted by Crippen LogP contribution is 2.37. The fourth-order valence-corrected chi connectivity index (χ4v) is 1.76. The summed E-state index contributed by atoms with van der Waals surface area (Å²) in [6, 6.07) is -1.06. The van der Waals surface area contributed by atoms with Gasteiger partial charge in [0.25, 0.3) is 0 Å². The summed E-state index contributed by atoms with van der Waals surface area (Å²) < 4.78 is 14.7. The maximum atomic E-state index is 10.7. The summed E-state index contributed by atoms with van der Waals surface area (Å²) in [5.41, 5.74) is 5.28. The molecule has 1 aromatic rings. The molecule has 0 saturated heterocycles. The highest BCUT2D eigenvalue weighted by atomic mass is 31.2. The standard InChI is InChI=1S/C8H10NO6P.C5H9NO4/c1-5-8(11)7(3-10)6(2-9-5)4-15-16(12,13)14;6-3(5(9)10)1-2-4(7)8/h2-3,11H,4H2,1H3,(H2,12,13,14);3H,1-2,6H2,(H,7,8)(H,9,10).